The first-order chi connectivity index (χ1) is 8.58. The number of nitrogens with zero attached hydrogens (tertiary/aromatic N) is 2. The van der Waals surface area contributed by atoms with E-state index in [-0.39, 0.29) is 0 Å². The van der Waals surface area contributed by atoms with Crippen LogP contribution in [0.4, 0.5) is 5.82 Å². The maximum Gasteiger partial charge on any atom is 0.142 e. The van der Waals surface area contributed by atoms with E-state index in [0.717, 1.165) is 30.7 Å². The largest absolute Gasteiger partial charge is 0.383 e. The summed E-state index contributed by atoms with van der Waals surface area (Å²) in [4.78, 5) is 5.72. The number of imidazole rings is 1. The number of aromatic nitrogens is 2. The van der Waals surface area contributed by atoms with E-state index < -0.39 is 0 Å². The second-order valence-electron chi connectivity index (χ2n) is 3.98. The van der Waals surface area contributed by atoms with Crippen LogP contribution in [0.15, 0.2) is 32.7 Å². The standard InChI is InChI=1S/C12H9Br2N3S/c1-6-4-7(13)5-17-11(15)9(16-12(6)17)10-8(14)2-3-18-10/h2-5H,15H2,1H3. The van der Waals surface area contributed by atoms with Gasteiger partial charge in [0.05, 0.1) is 4.88 Å². The van der Waals surface area contributed by atoms with E-state index in [1.807, 2.05) is 35.0 Å². The third-order valence-corrected chi connectivity index (χ3v) is 5.02. The molecule has 0 aliphatic carbocycles. The SMILES string of the molecule is Cc1cc(Br)cn2c(N)c(-c3sccc3Br)nc12. The second kappa shape index (κ2) is 4.36. The lowest BCUT2D eigenvalue weighted by Gasteiger charge is -2.00. The Hall–Kier alpha value is -0.850. The molecule has 3 aromatic heterocycles. The van der Waals surface area contributed by atoms with E-state index in [4.69, 9.17) is 5.73 Å². The molecule has 0 unspecified atom stereocenters. The van der Waals surface area contributed by atoms with E-state index in [2.05, 4.69) is 36.8 Å². The number of halogens is 2. The summed E-state index contributed by atoms with van der Waals surface area (Å²) in [5.74, 6) is 0.664. The molecule has 0 aromatic carbocycles. The van der Waals surface area contributed by atoms with Crippen LogP contribution in [0.25, 0.3) is 16.2 Å². The molecule has 0 bridgehead atoms. The number of nitrogen functional groups attached to an aromatic ring is 1. The van der Waals surface area contributed by atoms with Crippen LogP contribution in [0.5, 0.6) is 0 Å². The number of hydrogen-bond donors (Lipinski definition) is 1. The Balaban J connectivity index is 2.36. The second-order valence-corrected chi connectivity index (χ2v) is 6.66. The molecule has 0 spiro atoms. The highest BCUT2D eigenvalue weighted by Gasteiger charge is 2.16. The lowest BCUT2D eigenvalue weighted by molar-refractivity contribution is 1.16. The van der Waals surface area contributed by atoms with Crippen molar-refractivity contribution < 1.29 is 0 Å². The first-order valence-corrected chi connectivity index (χ1v) is 7.71. The Kier molecular flexibility index (Phi) is 2.96. The van der Waals surface area contributed by atoms with Gasteiger partial charge in [0.2, 0.25) is 0 Å². The minimum atomic E-state index is 0.664. The van der Waals surface area contributed by atoms with E-state index in [9.17, 15) is 0 Å². The average Bonchev–Trinajstić information content (AvgIpc) is 2.85. The molecule has 0 amide bonds. The molecule has 2 N–H and O–H groups in total. The monoisotopic (exact) mass is 385 g/mol. The summed E-state index contributed by atoms with van der Waals surface area (Å²) < 4.78 is 3.94. The summed E-state index contributed by atoms with van der Waals surface area (Å²) in [6.45, 7) is 2.03. The van der Waals surface area contributed by atoms with Crippen molar-refractivity contribution in [1.29, 1.82) is 0 Å². The van der Waals surface area contributed by atoms with Crippen LogP contribution in [0.1, 0.15) is 5.56 Å². The first-order valence-electron chi connectivity index (χ1n) is 5.25. The van der Waals surface area contributed by atoms with Crippen molar-refractivity contribution in [2.45, 2.75) is 6.92 Å². The molecule has 0 aliphatic rings. The van der Waals surface area contributed by atoms with Crippen molar-refractivity contribution in [2.75, 3.05) is 5.73 Å². The zero-order chi connectivity index (χ0) is 12.9. The quantitative estimate of drug-likeness (QED) is 0.670. The van der Waals surface area contributed by atoms with Crippen molar-refractivity contribution in [3.8, 4) is 10.6 Å². The van der Waals surface area contributed by atoms with Gasteiger partial charge in [-0.05, 0) is 61.9 Å². The summed E-state index contributed by atoms with van der Waals surface area (Å²) in [7, 11) is 0. The van der Waals surface area contributed by atoms with Gasteiger partial charge in [0.15, 0.2) is 0 Å². The third-order valence-electron chi connectivity index (χ3n) is 2.74. The molecule has 0 saturated carbocycles. The van der Waals surface area contributed by atoms with Gasteiger partial charge in [0, 0.05) is 15.1 Å². The smallest absolute Gasteiger partial charge is 0.142 e. The fraction of sp³-hybridized carbons (Fsp3) is 0.0833. The van der Waals surface area contributed by atoms with Crippen molar-refractivity contribution in [3.05, 3.63) is 38.2 Å². The number of hydrogen-bond acceptors (Lipinski definition) is 3. The third kappa shape index (κ3) is 1.79. The number of pyridine rings is 1. The lowest BCUT2D eigenvalue weighted by atomic mass is 10.3. The van der Waals surface area contributed by atoms with Gasteiger partial charge in [0.25, 0.3) is 0 Å². The summed E-state index contributed by atoms with van der Waals surface area (Å²) in [5, 5.41) is 2.02. The molecule has 3 rings (SSSR count). The Labute approximate surface area is 125 Å². The minimum absolute atomic E-state index is 0.664. The van der Waals surface area contributed by atoms with Gasteiger partial charge < -0.3 is 5.73 Å². The molecule has 92 valence electrons. The first kappa shape index (κ1) is 12.2. The van der Waals surface area contributed by atoms with Gasteiger partial charge in [-0.2, -0.15) is 0 Å². The number of thiophene rings is 1. The lowest BCUT2D eigenvalue weighted by Crippen LogP contribution is -1.94. The van der Waals surface area contributed by atoms with E-state index in [1.165, 1.54) is 0 Å². The van der Waals surface area contributed by atoms with Crippen LogP contribution in [-0.2, 0) is 0 Å². The predicted octanol–water partition coefficient (Wildman–Crippen LogP) is 4.48. The van der Waals surface area contributed by atoms with Gasteiger partial charge in [-0.15, -0.1) is 11.3 Å². The molecular weight excluding hydrogens is 378 g/mol. The Bertz CT molecular complexity index is 745. The Morgan fingerprint density at radius 3 is 2.83 bits per heavy atom. The summed E-state index contributed by atoms with van der Waals surface area (Å²) >= 11 is 8.63. The van der Waals surface area contributed by atoms with Crippen LogP contribution in [0, 0.1) is 6.92 Å². The molecule has 6 heteroatoms. The van der Waals surface area contributed by atoms with E-state index >= 15 is 0 Å². The Morgan fingerprint density at radius 1 is 1.39 bits per heavy atom. The molecular formula is C12H9Br2N3S. The zero-order valence-electron chi connectivity index (χ0n) is 9.45. The highest BCUT2D eigenvalue weighted by molar-refractivity contribution is 9.10. The Morgan fingerprint density at radius 2 is 2.17 bits per heavy atom. The summed E-state index contributed by atoms with van der Waals surface area (Å²) in [5.41, 5.74) is 9.02. The average molecular weight is 387 g/mol. The van der Waals surface area contributed by atoms with Gasteiger partial charge >= 0.3 is 0 Å². The van der Waals surface area contributed by atoms with Gasteiger partial charge in [-0.25, -0.2) is 4.98 Å². The number of aryl methyl sites for hydroxylation is 1. The molecule has 0 atom stereocenters. The van der Waals surface area contributed by atoms with Crippen LogP contribution in [0.3, 0.4) is 0 Å². The van der Waals surface area contributed by atoms with Crippen LogP contribution < -0.4 is 5.73 Å². The van der Waals surface area contributed by atoms with Crippen molar-refractivity contribution >= 4 is 54.7 Å². The number of rotatable bonds is 1. The maximum atomic E-state index is 6.20. The molecule has 3 heterocycles. The molecule has 0 aliphatic heterocycles. The topological polar surface area (TPSA) is 43.3 Å². The number of fused-ring (bicyclic) bond motifs is 1. The molecule has 3 aromatic rings. The molecule has 0 fully saturated rings. The van der Waals surface area contributed by atoms with Gasteiger partial charge in [-0.3, -0.25) is 4.40 Å². The molecule has 3 nitrogen and oxygen atoms in total. The van der Waals surface area contributed by atoms with Crippen LogP contribution >= 0.6 is 43.2 Å². The normalized spacial score (nSPS) is 11.3. The predicted molar refractivity (Wildman–Crippen MR) is 83.1 cm³/mol. The maximum absolute atomic E-state index is 6.20. The van der Waals surface area contributed by atoms with Crippen LogP contribution in [0.2, 0.25) is 0 Å². The van der Waals surface area contributed by atoms with E-state index in [0.29, 0.717) is 5.82 Å². The van der Waals surface area contributed by atoms with Gasteiger partial charge in [-0.1, -0.05) is 0 Å². The zero-order valence-corrected chi connectivity index (χ0v) is 13.4. The van der Waals surface area contributed by atoms with Gasteiger partial charge in [0.1, 0.15) is 17.2 Å². The number of anilines is 1. The van der Waals surface area contributed by atoms with Crippen molar-refractivity contribution in [2.24, 2.45) is 0 Å². The molecule has 0 radical (unpaired) electrons. The minimum Gasteiger partial charge on any atom is -0.383 e. The summed E-state index contributed by atoms with van der Waals surface area (Å²) in [6, 6.07) is 4.04. The fourth-order valence-corrected chi connectivity index (χ4v) is 4.02. The highest BCUT2D eigenvalue weighted by atomic mass is 79.9. The fourth-order valence-electron chi connectivity index (χ4n) is 1.92. The molecule has 0 saturated heterocycles. The highest BCUT2D eigenvalue weighted by Crippen LogP contribution is 2.37. The number of nitrogens with two attached hydrogens (primary N) is 1. The van der Waals surface area contributed by atoms with Crippen LogP contribution in [-0.4, -0.2) is 9.38 Å². The summed E-state index contributed by atoms with van der Waals surface area (Å²) in [6.07, 6.45) is 1.94. The van der Waals surface area contributed by atoms with E-state index in [1.54, 1.807) is 11.3 Å². The van der Waals surface area contributed by atoms with Crippen molar-refractivity contribution in [3.63, 3.8) is 0 Å². The van der Waals surface area contributed by atoms with Crippen molar-refractivity contribution in [1.82, 2.24) is 9.38 Å². The molecule has 18 heavy (non-hydrogen) atoms.